The van der Waals surface area contributed by atoms with Crippen LogP contribution in [0.5, 0.6) is 11.5 Å². The van der Waals surface area contributed by atoms with E-state index in [4.69, 9.17) is 4.74 Å². The van der Waals surface area contributed by atoms with Gasteiger partial charge < -0.3 is 9.84 Å². The van der Waals surface area contributed by atoms with Crippen molar-refractivity contribution in [2.75, 3.05) is 0 Å². The Balaban J connectivity index is 2.01. The fourth-order valence-electron chi connectivity index (χ4n) is 2.35. The van der Waals surface area contributed by atoms with E-state index < -0.39 is 0 Å². The Kier molecular flexibility index (Phi) is 3.70. The molecule has 2 rings (SSSR count). The molecule has 1 aromatic rings. The number of rotatable bonds is 2. The first kappa shape index (κ1) is 11.3. The van der Waals surface area contributed by atoms with Crippen LogP contribution in [-0.2, 0) is 0 Å². The maximum atomic E-state index is 9.50. The third kappa shape index (κ3) is 3.16. The number of hydrogen-bond acceptors (Lipinski definition) is 2. The zero-order valence-corrected chi connectivity index (χ0v) is 9.91. The second-order valence-electron chi connectivity index (χ2n) is 4.74. The van der Waals surface area contributed by atoms with E-state index in [1.54, 1.807) is 12.1 Å². The van der Waals surface area contributed by atoms with Crippen molar-refractivity contribution in [3.8, 4) is 11.5 Å². The molecular weight excluding hydrogens is 200 g/mol. The van der Waals surface area contributed by atoms with E-state index in [0.717, 1.165) is 24.2 Å². The number of benzene rings is 1. The van der Waals surface area contributed by atoms with E-state index in [1.165, 1.54) is 25.7 Å². The Hall–Kier alpha value is -1.18. The molecule has 0 atom stereocenters. The summed E-state index contributed by atoms with van der Waals surface area (Å²) in [6, 6.07) is 5.45. The van der Waals surface area contributed by atoms with Gasteiger partial charge in [-0.1, -0.05) is 12.8 Å². The number of phenols is 1. The number of phenolic OH excluding ortho intramolecular Hbond substituents is 1. The largest absolute Gasteiger partial charge is 0.508 e. The van der Waals surface area contributed by atoms with E-state index >= 15 is 0 Å². The van der Waals surface area contributed by atoms with Gasteiger partial charge in [-0.3, -0.25) is 0 Å². The van der Waals surface area contributed by atoms with Crippen LogP contribution in [0.3, 0.4) is 0 Å². The molecule has 1 saturated carbocycles. The number of hydrogen-bond donors (Lipinski definition) is 1. The molecule has 0 amide bonds. The van der Waals surface area contributed by atoms with Crippen molar-refractivity contribution in [2.24, 2.45) is 0 Å². The molecule has 1 N–H and O–H groups in total. The van der Waals surface area contributed by atoms with Crippen molar-refractivity contribution >= 4 is 0 Å². The summed E-state index contributed by atoms with van der Waals surface area (Å²) in [6.07, 6.45) is 7.83. The molecule has 0 unspecified atom stereocenters. The molecule has 0 radical (unpaired) electrons. The lowest BCUT2D eigenvalue weighted by atomic mass is 10.1. The smallest absolute Gasteiger partial charge is 0.123 e. The summed E-state index contributed by atoms with van der Waals surface area (Å²) in [5.74, 6) is 1.10. The van der Waals surface area contributed by atoms with Gasteiger partial charge in [0.05, 0.1) is 6.10 Å². The Labute approximate surface area is 97.3 Å². The van der Waals surface area contributed by atoms with E-state index in [2.05, 4.69) is 0 Å². The minimum atomic E-state index is 0.295. The van der Waals surface area contributed by atoms with E-state index in [9.17, 15) is 5.11 Å². The van der Waals surface area contributed by atoms with Crippen molar-refractivity contribution in [2.45, 2.75) is 51.6 Å². The summed E-state index contributed by atoms with van der Waals surface area (Å²) >= 11 is 0. The van der Waals surface area contributed by atoms with Gasteiger partial charge in [-0.05, 0) is 50.3 Å². The third-order valence-electron chi connectivity index (χ3n) is 3.14. The first-order valence-corrected chi connectivity index (χ1v) is 6.21. The zero-order chi connectivity index (χ0) is 11.4. The Morgan fingerprint density at radius 2 is 1.75 bits per heavy atom. The summed E-state index contributed by atoms with van der Waals surface area (Å²) < 4.78 is 5.94. The second-order valence-corrected chi connectivity index (χ2v) is 4.74. The predicted molar refractivity (Wildman–Crippen MR) is 65.0 cm³/mol. The van der Waals surface area contributed by atoms with Crippen LogP contribution in [-0.4, -0.2) is 11.2 Å². The lowest BCUT2D eigenvalue weighted by molar-refractivity contribution is 0.183. The summed E-state index contributed by atoms with van der Waals surface area (Å²) in [5, 5.41) is 9.50. The van der Waals surface area contributed by atoms with Gasteiger partial charge >= 0.3 is 0 Å². The van der Waals surface area contributed by atoms with Crippen LogP contribution in [0, 0.1) is 6.92 Å². The van der Waals surface area contributed by atoms with Crippen LogP contribution in [0.4, 0.5) is 0 Å². The van der Waals surface area contributed by atoms with Gasteiger partial charge in [-0.15, -0.1) is 0 Å². The van der Waals surface area contributed by atoms with Gasteiger partial charge in [0.1, 0.15) is 11.5 Å². The number of ether oxygens (including phenoxy) is 1. The molecule has 1 fully saturated rings. The summed E-state index contributed by atoms with van der Waals surface area (Å²) in [4.78, 5) is 0. The molecule has 0 spiro atoms. The molecule has 0 heterocycles. The maximum Gasteiger partial charge on any atom is 0.123 e. The molecule has 88 valence electrons. The van der Waals surface area contributed by atoms with Crippen molar-refractivity contribution in [1.82, 2.24) is 0 Å². The van der Waals surface area contributed by atoms with Crippen LogP contribution < -0.4 is 4.74 Å². The molecular formula is C14H20O2. The Morgan fingerprint density at radius 1 is 1.06 bits per heavy atom. The van der Waals surface area contributed by atoms with Crippen LogP contribution in [0.25, 0.3) is 0 Å². The van der Waals surface area contributed by atoms with Gasteiger partial charge in [-0.25, -0.2) is 0 Å². The predicted octanol–water partition coefficient (Wildman–Crippen LogP) is 3.80. The topological polar surface area (TPSA) is 29.5 Å². The zero-order valence-electron chi connectivity index (χ0n) is 9.91. The molecule has 2 nitrogen and oxygen atoms in total. The third-order valence-corrected chi connectivity index (χ3v) is 3.14. The standard InChI is InChI=1S/C14H20O2/c1-11-8-12(15)10-14(9-11)16-13-6-4-2-3-5-7-13/h8-10,13,15H,2-7H2,1H3. The van der Waals surface area contributed by atoms with Crippen molar-refractivity contribution in [3.63, 3.8) is 0 Å². The van der Waals surface area contributed by atoms with Crippen molar-refractivity contribution < 1.29 is 9.84 Å². The van der Waals surface area contributed by atoms with Crippen LogP contribution in [0.2, 0.25) is 0 Å². The molecule has 0 bridgehead atoms. The van der Waals surface area contributed by atoms with Crippen LogP contribution in [0.1, 0.15) is 44.1 Å². The molecule has 0 aliphatic heterocycles. The molecule has 16 heavy (non-hydrogen) atoms. The van der Waals surface area contributed by atoms with Gasteiger partial charge in [0.2, 0.25) is 0 Å². The molecule has 1 aliphatic carbocycles. The van der Waals surface area contributed by atoms with E-state index in [1.807, 2.05) is 13.0 Å². The molecule has 1 aromatic carbocycles. The number of aromatic hydroxyl groups is 1. The van der Waals surface area contributed by atoms with Gasteiger partial charge in [0, 0.05) is 6.07 Å². The van der Waals surface area contributed by atoms with Gasteiger partial charge in [-0.2, -0.15) is 0 Å². The lowest BCUT2D eigenvalue weighted by Gasteiger charge is -2.17. The van der Waals surface area contributed by atoms with Gasteiger partial charge in [0.15, 0.2) is 0 Å². The Morgan fingerprint density at radius 3 is 2.38 bits per heavy atom. The highest BCUT2D eigenvalue weighted by Crippen LogP contribution is 2.26. The summed E-state index contributed by atoms with van der Waals surface area (Å²) in [5.41, 5.74) is 1.05. The van der Waals surface area contributed by atoms with Crippen LogP contribution in [0.15, 0.2) is 18.2 Å². The molecule has 2 heteroatoms. The van der Waals surface area contributed by atoms with Crippen molar-refractivity contribution in [3.05, 3.63) is 23.8 Å². The minimum Gasteiger partial charge on any atom is -0.508 e. The van der Waals surface area contributed by atoms with Crippen LogP contribution >= 0.6 is 0 Å². The van der Waals surface area contributed by atoms with E-state index in [0.29, 0.717) is 11.9 Å². The van der Waals surface area contributed by atoms with Gasteiger partial charge in [0.25, 0.3) is 0 Å². The first-order chi connectivity index (χ1) is 7.74. The Bertz CT molecular complexity index is 318. The molecule has 0 aromatic heterocycles. The number of aryl methyl sites for hydroxylation is 1. The molecule has 0 saturated heterocycles. The minimum absolute atomic E-state index is 0.295. The second kappa shape index (κ2) is 5.24. The quantitative estimate of drug-likeness (QED) is 0.768. The highest BCUT2D eigenvalue weighted by atomic mass is 16.5. The fraction of sp³-hybridized carbons (Fsp3) is 0.571. The summed E-state index contributed by atoms with van der Waals surface area (Å²) in [7, 11) is 0. The van der Waals surface area contributed by atoms with Crippen molar-refractivity contribution in [1.29, 1.82) is 0 Å². The highest BCUT2D eigenvalue weighted by Gasteiger charge is 2.13. The average molecular weight is 220 g/mol. The van der Waals surface area contributed by atoms with E-state index in [-0.39, 0.29) is 0 Å². The summed E-state index contributed by atoms with van der Waals surface area (Å²) in [6.45, 7) is 1.97. The average Bonchev–Trinajstić information content (AvgIpc) is 2.44. The first-order valence-electron chi connectivity index (χ1n) is 6.21. The monoisotopic (exact) mass is 220 g/mol. The maximum absolute atomic E-state index is 9.50. The highest BCUT2D eigenvalue weighted by molar-refractivity contribution is 5.36. The fourth-order valence-corrected chi connectivity index (χ4v) is 2.35. The SMILES string of the molecule is Cc1cc(O)cc(OC2CCCCCC2)c1. The normalized spacial score (nSPS) is 18.1. The lowest BCUT2D eigenvalue weighted by Crippen LogP contribution is -2.15. The molecule has 1 aliphatic rings.